The molecule has 0 radical (unpaired) electrons. The highest BCUT2D eigenvalue weighted by atomic mass is 15.1. The first-order valence-corrected chi connectivity index (χ1v) is 4.08. The largest absolute Gasteiger partial charge is 0.313 e. The minimum absolute atomic E-state index is 0.667. The molecule has 0 aromatic rings. The maximum atomic E-state index is 3.42. The van der Waals surface area contributed by atoms with Crippen molar-refractivity contribution in [3.05, 3.63) is 0 Å². The topological polar surface area (TPSA) is 15.3 Å². The molecule has 62 valence electrons. The fourth-order valence-corrected chi connectivity index (χ4v) is 1.07. The van der Waals surface area contributed by atoms with Crippen LogP contribution in [-0.2, 0) is 0 Å². The quantitative estimate of drug-likeness (QED) is 0.617. The van der Waals surface area contributed by atoms with Gasteiger partial charge in [0, 0.05) is 12.6 Å². The minimum atomic E-state index is 0.667. The molecular weight excluding hydrogens is 124 g/mol. The molecule has 2 nitrogen and oxygen atoms in total. The molecule has 0 spiro atoms. The van der Waals surface area contributed by atoms with E-state index in [9.17, 15) is 0 Å². The Kier molecular flexibility index (Phi) is 5.64. The van der Waals surface area contributed by atoms with Gasteiger partial charge in [0.1, 0.15) is 0 Å². The van der Waals surface area contributed by atoms with Gasteiger partial charge in [-0.1, -0.05) is 13.8 Å². The van der Waals surface area contributed by atoms with Crippen molar-refractivity contribution in [3.8, 4) is 0 Å². The van der Waals surface area contributed by atoms with Gasteiger partial charge in [-0.3, -0.25) is 0 Å². The van der Waals surface area contributed by atoms with Crippen molar-refractivity contribution < 1.29 is 0 Å². The second-order valence-corrected chi connectivity index (χ2v) is 2.93. The predicted molar refractivity (Wildman–Crippen MR) is 46.3 cm³/mol. The number of nitrogens with one attached hydrogen (secondary N) is 1. The summed E-state index contributed by atoms with van der Waals surface area (Å²) < 4.78 is 0. The number of hydrogen-bond donors (Lipinski definition) is 1. The normalized spacial score (nSPS) is 14.1. The first-order valence-electron chi connectivity index (χ1n) is 4.08. The Morgan fingerprint density at radius 3 is 2.20 bits per heavy atom. The van der Waals surface area contributed by atoms with E-state index in [2.05, 4.69) is 38.2 Å². The van der Waals surface area contributed by atoms with Gasteiger partial charge in [-0.05, 0) is 27.1 Å². The SMILES string of the molecule is CCNC(CC)CN(C)C. The van der Waals surface area contributed by atoms with Gasteiger partial charge in [-0.2, -0.15) is 0 Å². The Morgan fingerprint density at radius 1 is 1.30 bits per heavy atom. The van der Waals surface area contributed by atoms with Crippen molar-refractivity contribution in [2.24, 2.45) is 0 Å². The van der Waals surface area contributed by atoms with Crippen LogP contribution in [0.5, 0.6) is 0 Å². The summed E-state index contributed by atoms with van der Waals surface area (Å²) in [6.45, 7) is 6.59. The van der Waals surface area contributed by atoms with Crippen molar-refractivity contribution in [3.63, 3.8) is 0 Å². The average molecular weight is 144 g/mol. The van der Waals surface area contributed by atoms with Crippen LogP contribution in [0.3, 0.4) is 0 Å². The Morgan fingerprint density at radius 2 is 1.90 bits per heavy atom. The summed E-state index contributed by atoms with van der Waals surface area (Å²) in [6.07, 6.45) is 1.21. The van der Waals surface area contributed by atoms with Crippen LogP contribution in [0.15, 0.2) is 0 Å². The summed E-state index contributed by atoms with van der Waals surface area (Å²) in [5.41, 5.74) is 0. The van der Waals surface area contributed by atoms with Crippen LogP contribution < -0.4 is 5.32 Å². The lowest BCUT2D eigenvalue weighted by molar-refractivity contribution is 0.335. The zero-order valence-corrected chi connectivity index (χ0v) is 7.65. The molecule has 1 unspecified atom stereocenters. The van der Waals surface area contributed by atoms with E-state index in [1.165, 1.54) is 6.42 Å². The third-order valence-electron chi connectivity index (χ3n) is 1.57. The van der Waals surface area contributed by atoms with Crippen LogP contribution in [0.25, 0.3) is 0 Å². The first kappa shape index (κ1) is 9.92. The van der Waals surface area contributed by atoms with Gasteiger partial charge in [0.05, 0.1) is 0 Å². The average Bonchev–Trinajstić information content (AvgIpc) is 1.86. The minimum Gasteiger partial charge on any atom is -0.313 e. The Balaban J connectivity index is 3.39. The highest BCUT2D eigenvalue weighted by molar-refractivity contribution is 4.65. The van der Waals surface area contributed by atoms with E-state index >= 15 is 0 Å². The summed E-state index contributed by atoms with van der Waals surface area (Å²) in [7, 11) is 4.22. The highest BCUT2D eigenvalue weighted by Gasteiger charge is 2.03. The highest BCUT2D eigenvalue weighted by Crippen LogP contribution is 1.91. The van der Waals surface area contributed by atoms with Gasteiger partial charge >= 0.3 is 0 Å². The molecule has 0 aliphatic carbocycles. The standard InChI is InChI=1S/C8H20N2/c1-5-8(9-6-2)7-10(3)4/h8-9H,5-7H2,1-4H3. The predicted octanol–water partition coefficient (Wildman–Crippen LogP) is 0.936. The molecule has 0 bridgehead atoms. The van der Waals surface area contributed by atoms with Crippen LogP contribution in [0, 0.1) is 0 Å². The Hall–Kier alpha value is -0.0800. The molecule has 0 aliphatic heterocycles. The number of likely N-dealkylation sites (N-methyl/N-ethyl adjacent to an activating group) is 2. The van der Waals surface area contributed by atoms with E-state index in [4.69, 9.17) is 0 Å². The molecule has 10 heavy (non-hydrogen) atoms. The molecule has 0 saturated heterocycles. The lowest BCUT2D eigenvalue weighted by Crippen LogP contribution is -2.37. The van der Waals surface area contributed by atoms with E-state index in [0.29, 0.717) is 6.04 Å². The Bertz CT molecular complexity index is 71.7. The first-order chi connectivity index (χ1) is 4.70. The van der Waals surface area contributed by atoms with Gasteiger partial charge in [0.25, 0.3) is 0 Å². The van der Waals surface area contributed by atoms with E-state index < -0.39 is 0 Å². The summed E-state index contributed by atoms with van der Waals surface area (Å²) in [5.74, 6) is 0. The third kappa shape index (κ3) is 4.77. The third-order valence-corrected chi connectivity index (χ3v) is 1.57. The van der Waals surface area contributed by atoms with Crippen molar-refractivity contribution >= 4 is 0 Å². The van der Waals surface area contributed by atoms with Crippen molar-refractivity contribution in [2.45, 2.75) is 26.3 Å². The second-order valence-electron chi connectivity index (χ2n) is 2.93. The van der Waals surface area contributed by atoms with Gasteiger partial charge in [-0.25, -0.2) is 0 Å². The molecule has 2 heteroatoms. The molecule has 0 aliphatic rings. The van der Waals surface area contributed by atoms with Crippen LogP contribution >= 0.6 is 0 Å². The smallest absolute Gasteiger partial charge is 0.0192 e. The molecule has 0 saturated carbocycles. The van der Waals surface area contributed by atoms with Crippen molar-refractivity contribution in [1.29, 1.82) is 0 Å². The molecule has 0 heterocycles. The number of hydrogen-bond acceptors (Lipinski definition) is 2. The van der Waals surface area contributed by atoms with E-state index in [1.807, 2.05) is 0 Å². The molecule has 1 N–H and O–H groups in total. The lowest BCUT2D eigenvalue weighted by Gasteiger charge is -2.19. The van der Waals surface area contributed by atoms with Crippen LogP contribution in [0.1, 0.15) is 20.3 Å². The molecule has 1 atom stereocenters. The van der Waals surface area contributed by atoms with Gasteiger partial charge in [0.15, 0.2) is 0 Å². The van der Waals surface area contributed by atoms with Gasteiger partial charge in [0.2, 0.25) is 0 Å². The van der Waals surface area contributed by atoms with E-state index in [0.717, 1.165) is 13.1 Å². The second kappa shape index (κ2) is 5.69. The summed E-state index contributed by atoms with van der Waals surface area (Å²) in [6, 6.07) is 0.667. The molecule has 0 fully saturated rings. The van der Waals surface area contributed by atoms with Crippen molar-refractivity contribution in [2.75, 3.05) is 27.2 Å². The monoisotopic (exact) mass is 144 g/mol. The molecular formula is C8H20N2. The maximum Gasteiger partial charge on any atom is 0.0192 e. The summed E-state index contributed by atoms with van der Waals surface area (Å²) in [5, 5.41) is 3.42. The zero-order valence-electron chi connectivity index (χ0n) is 7.65. The fraction of sp³-hybridized carbons (Fsp3) is 1.00. The van der Waals surface area contributed by atoms with Crippen LogP contribution in [-0.4, -0.2) is 38.1 Å². The van der Waals surface area contributed by atoms with Gasteiger partial charge in [-0.15, -0.1) is 0 Å². The molecule has 0 rings (SSSR count). The molecule has 0 aromatic heterocycles. The van der Waals surface area contributed by atoms with Gasteiger partial charge < -0.3 is 10.2 Å². The van der Waals surface area contributed by atoms with Crippen molar-refractivity contribution in [1.82, 2.24) is 10.2 Å². The Labute approximate surface area is 64.6 Å². The van der Waals surface area contributed by atoms with E-state index in [1.54, 1.807) is 0 Å². The summed E-state index contributed by atoms with van der Waals surface area (Å²) in [4.78, 5) is 2.22. The molecule has 0 amide bonds. The fourth-order valence-electron chi connectivity index (χ4n) is 1.07. The van der Waals surface area contributed by atoms with Crippen LogP contribution in [0.2, 0.25) is 0 Å². The number of nitrogens with zero attached hydrogens (tertiary/aromatic N) is 1. The zero-order chi connectivity index (χ0) is 7.98. The number of rotatable bonds is 5. The maximum absolute atomic E-state index is 3.42. The summed E-state index contributed by atoms with van der Waals surface area (Å²) >= 11 is 0. The van der Waals surface area contributed by atoms with Crippen LogP contribution in [0.4, 0.5) is 0 Å². The van der Waals surface area contributed by atoms with E-state index in [-0.39, 0.29) is 0 Å². The lowest BCUT2D eigenvalue weighted by atomic mass is 10.2. The molecule has 0 aromatic carbocycles.